The van der Waals surface area contributed by atoms with Gasteiger partial charge < -0.3 is 9.64 Å². The molecule has 0 N–H and O–H groups in total. The van der Waals surface area contributed by atoms with Crippen LogP contribution in [0.5, 0.6) is 0 Å². The molecule has 4 rings (SSSR count). The first-order valence-corrected chi connectivity index (χ1v) is 12.5. The summed E-state index contributed by atoms with van der Waals surface area (Å²) >= 11 is 0. The van der Waals surface area contributed by atoms with Crippen molar-refractivity contribution in [3.63, 3.8) is 0 Å². The molecule has 170 valence electrons. The average molecular weight is 457 g/mol. The smallest absolute Gasteiger partial charge is 0.338 e. The van der Waals surface area contributed by atoms with E-state index in [0.717, 1.165) is 43.4 Å². The second-order valence-electron chi connectivity index (χ2n) is 8.36. The highest BCUT2D eigenvalue weighted by Gasteiger charge is 2.31. The summed E-state index contributed by atoms with van der Waals surface area (Å²) in [6, 6.07) is 13.4. The van der Waals surface area contributed by atoms with E-state index < -0.39 is 16.0 Å². The number of amides is 1. The molecule has 2 heterocycles. The largest absolute Gasteiger partial charge is 0.452 e. The van der Waals surface area contributed by atoms with Crippen molar-refractivity contribution in [3.8, 4) is 0 Å². The van der Waals surface area contributed by atoms with Crippen LogP contribution in [0.15, 0.2) is 53.4 Å². The molecule has 8 heteroatoms. The third-order valence-corrected chi connectivity index (χ3v) is 8.01. The molecule has 1 atom stereocenters. The zero-order valence-electron chi connectivity index (χ0n) is 18.2. The standard InChI is InChI=1S/C24H28N2O5S/c1-18-16-20-8-4-5-9-22(20)26(18)23(27)17-31-24(28)19-10-12-21(13-11-19)32(29,30)25-14-6-2-3-7-15-25/h4-5,8-13,18H,2-3,6-7,14-17H2,1H3/t18-/m0/s1. The summed E-state index contributed by atoms with van der Waals surface area (Å²) in [5.41, 5.74) is 2.16. The Hall–Kier alpha value is -2.71. The van der Waals surface area contributed by atoms with Gasteiger partial charge in [0.1, 0.15) is 0 Å². The normalized spacial score (nSPS) is 19.3. The lowest BCUT2D eigenvalue weighted by atomic mass is 10.1. The minimum atomic E-state index is -3.58. The van der Waals surface area contributed by atoms with Gasteiger partial charge in [-0.25, -0.2) is 13.2 Å². The van der Waals surface area contributed by atoms with Crippen molar-refractivity contribution in [2.45, 2.75) is 50.0 Å². The fourth-order valence-corrected chi connectivity index (χ4v) is 5.94. The van der Waals surface area contributed by atoms with Crippen LogP contribution < -0.4 is 4.90 Å². The summed E-state index contributed by atoms with van der Waals surface area (Å²) in [6.45, 7) is 2.63. The molecule has 2 aliphatic rings. The number of fused-ring (bicyclic) bond motifs is 1. The number of carbonyl (C=O) groups is 2. The summed E-state index contributed by atoms with van der Waals surface area (Å²) in [5.74, 6) is -0.937. The van der Waals surface area contributed by atoms with Gasteiger partial charge in [-0.3, -0.25) is 4.79 Å². The lowest BCUT2D eigenvalue weighted by Crippen LogP contribution is -2.38. The Kier molecular flexibility index (Phi) is 6.62. The maximum absolute atomic E-state index is 12.9. The summed E-state index contributed by atoms with van der Waals surface area (Å²) < 4.78 is 32.5. The first-order chi connectivity index (χ1) is 15.4. The second kappa shape index (κ2) is 9.42. The molecule has 0 aromatic heterocycles. The van der Waals surface area contributed by atoms with Gasteiger partial charge in [-0.15, -0.1) is 0 Å². The minimum absolute atomic E-state index is 0.00193. The number of benzene rings is 2. The molecule has 7 nitrogen and oxygen atoms in total. The molecule has 2 aromatic rings. The predicted molar refractivity (Wildman–Crippen MR) is 121 cm³/mol. The van der Waals surface area contributed by atoms with E-state index in [-0.39, 0.29) is 29.0 Å². The molecule has 0 aliphatic carbocycles. The number of anilines is 1. The van der Waals surface area contributed by atoms with E-state index in [1.54, 1.807) is 4.90 Å². The summed E-state index contributed by atoms with van der Waals surface area (Å²) in [6.07, 6.45) is 4.56. The SMILES string of the molecule is C[C@H]1Cc2ccccc2N1C(=O)COC(=O)c1ccc(S(=O)(=O)N2CCCCCC2)cc1. The first kappa shape index (κ1) is 22.5. The number of ether oxygens (including phenoxy) is 1. The maximum Gasteiger partial charge on any atom is 0.338 e. The van der Waals surface area contributed by atoms with Gasteiger partial charge in [-0.2, -0.15) is 4.31 Å². The number of hydrogen-bond acceptors (Lipinski definition) is 5. The molecular formula is C24H28N2O5S. The molecule has 2 aliphatic heterocycles. The van der Waals surface area contributed by atoms with Gasteiger partial charge in [-0.1, -0.05) is 31.0 Å². The van der Waals surface area contributed by atoms with Gasteiger partial charge in [0.15, 0.2) is 6.61 Å². The van der Waals surface area contributed by atoms with Crippen LogP contribution in [0.25, 0.3) is 0 Å². The van der Waals surface area contributed by atoms with Crippen molar-refractivity contribution in [3.05, 3.63) is 59.7 Å². The van der Waals surface area contributed by atoms with Gasteiger partial charge in [0.2, 0.25) is 10.0 Å². The van der Waals surface area contributed by atoms with Crippen LogP contribution in [-0.2, 0) is 26.0 Å². The van der Waals surface area contributed by atoms with Crippen LogP contribution in [0, 0.1) is 0 Å². The summed E-state index contributed by atoms with van der Waals surface area (Å²) in [4.78, 5) is 27.0. The van der Waals surface area contributed by atoms with Crippen LogP contribution >= 0.6 is 0 Å². The zero-order valence-corrected chi connectivity index (χ0v) is 19.0. The van der Waals surface area contributed by atoms with Crippen molar-refractivity contribution >= 4 is 27.6 Å². The van der Waals surface area contributed by atoms with E-state index in [9.17, 15) is 18.0 Å². The van der Waals surface area contributed by atoms with Crippen LogP contribution in [0.2, 0.25) is 0 Å². The summed E-state index contributed by atoms with van der Waals surface area (Å²) in [7, 11) is -3.58. The van der Waals surface area contributed by atoms with E-state index in [1.807, 2.05) is 31.2 Å². The monoisotopic (exact) mass is 456 g/mol. The van der Waals surface area contributed by atoms with Crippen LogP contribution in [0.4, 0.5) is 5.69 Å². The van der Waals surface area contributed by atoms with Crippen molar-refractivity contribution in [1.29, 1.82) is 0 Å². The van der Waals surface area contributed by atoms with Crippen LogP contribution in [0.3, 0.4) is 0 Å². The van der Waals surface area contributed by atoms with Gasteiger partial charge in [0.05, 0.1) is 10.5 Å². The molecule has 32 heavy (non-hydrogen) atoms. The van der Waals surface area contributed by atoms with Gasteiger partial charge in [0.25, 0.3) is 5.91 Å². The Morgan fingerprint density at radius 1 is 0.969 bits per heavy atom. The van der Waals surface area contributed by atoms with Crippen LogP contribution in [0.1, 0.15) is 48.5 Å². The van der Waals surface area contributed by atoms with Gasteiger partial charge in [-0.05, 0) is 62.1 Å². The number of nitrogens with zero attached hydrogens (tertiary/aromatic N) is 2. The van der Waals surface area contributed by atoms with Crippen molar-refractivity contribution in [2.24, 2.45) is 0 Å². The number of carbonyl (C=O) groups excluding carboxylic acids is 2. The van der Waals surface area contributed by atoms with E-state index in [2.05, 4.69) is 0 Å². The third-order valence-electron chi connectivity index (χ3n) is 6.10. The van der Waals surface area contributed by atoms with Crippen LogP contribution in [-0.4, -0.2) is 50.3 Å². The van der Waals surface area contributed by atoms with E-state index in [0.29, 0.717) is 13.1 Å². The van der Waals surface area contributed by atoms with Crippen molar-refractivity contribution in [1.82, 2.24) is 4.31 Å². The molecule has 0 saturated carbocycles. The minimum Gasteiger partial charge on any atom is -0.452 e. The molecule has 1 saturated heterocycles. The molecule has 0 spiro atoms. The fraction of sp³-hybridized carbons (Fsp3) is 0.417. The molecular weight excluding hydrogens is 428 g/mol. The molecule has 1 fully saturated rings. The molecule has 2 aromatic carbocycles. The van der Waals surface area contributed by atoms with Crippen molar-refractivity contribution < 1.29 is 22.7 Å². The Bertz CT molecular complexity index is 1090. The predicted octanol–water partition coefficient (Wildman–Crippen LogP) is 3.39. The van der Waals surface area contributed by atoms with E-state index in [4.69, 9.17) is 4.74 Å². The third kappa shape index (κ3) is 4.56. The Morgan fingerprint density at radius 3 is 2.31 bits per heavy atom. The van der Waals surface area contributed by atoms with E-state index >= 15 is 0 Å². The highest BCUT2D eigenvalue weighted by Crippen LogP contribution is 2.31. The summed E-state index contributed by atoms with van der Waals surface area (Å²) in [5, 5.41) is 0. The molecule has 0 radical (unpaired) electrons. The number of sulfonamides is 1. The van der Waals surface area contributed by atoms with E-state index in [1.165, 1.54) is 28.6 Å². The maximum atomic E-state index is 12.9. The van der Waals surface area contributed by atoms with Gasteiger partial charge >= 0.3 is 5.97 Å². The van der Waals surface area contributed by atoms with Gasteiger partial charge in [0, 0.05) is 24.8 Å². The molecule has 0 bridgehead atoms. The Labute approximate surface area is 189 Å². The molecule has 0 unspecified atom stereocenters. The first-order valence-electron chi connectivity index (χ1n) is 11.1. The Balaban J connectivity index is 1.38. The zero-order chi connectivity index (χ0) is 22.7. The highest BCUT2D eigenvalue weighted by atomic mass is 32.2. The lowest BCUT2D eigenvalue weighted by Gasteiger charge is -2.22. The number of hydrogen-bond donors (Lipinski definition) is 0. The topological polar surface area (TPSA) is 84.0 Å². The highest BCUT2D eigenvalue weighted by molar-refractivity contribution is 7.89. The number of esters is 1. The number of rotatable bonds is 5. The lowest BCUT2D eigenvalue weighted by molar-refractivity contribution is -0.122. The second-order valence-corrected chi connectivity index (χ2v) is 10.3. The fourth-order valence-electron chi connectivity index (χ4n) is 4.42. The molecule has 1 amide bonds. The van der Waals surface area contributed by atoms with Crippen molar-refractivity contribution in [2.75, 3.05) is 24.6 Å². The quantitative estimate of drug-likeness (QED) is 0.644. The Morgan fingerprint density at radius 2 is 1.62 bits per heavy atom. The average Bonchev–Trinajstić information content (AvgIpc) is 2.95. The number of para-hydroxylation sites is 1.